The molecule has 0 radical (unpaired) electrons. The molecule has 1 aromatic heterocycles. The highest BCUT2D eigenvalue weighted by Gasteiger charge is 2.21. The molecule has 2 rings (SSSR count). The molecular formula is C15H22N4O3S. The first-order chi connectivity index (χ1) is 10.6. The Kier molecular flexibility index (Phi) is 4.88. The van der Waals surface area contributed by atoms with Crippen LogP contribution in [0.5, 0.6) is 0 Å². The highest BCUT2D eigenvalue weighted by atomic mass is 32.2. The molecule has 1 aromatic carbocycles. The summed E-state index contributed by atoms with van der Waals surface area (Å²) in [5, 5.41) is 12.3. The van der Waals surface area contributed by atoms with E-state index < -0.39 is 10.0 Å². The average Bonchev–Trinajstić information content (AvgIpc) is 2.93. The minimum atomic E-state index is -3.71. The van der Waals surface area contributed by atoms with Crippen LogP contribution in [0.15, 0.2) is 33.7 Å². The van der Waals surface area contributed by atoms with E-state index in [4.69, 9.17) is 9.66 Å². The first kappa shape index (κ1) is 17.6. The number of primary sulfonamides is 1. The Labute approximate surface area is 136 Å². The molecule has 0 amide bonds. The first-order valence-electron chi connectivity index (χ1n) is 7.26. The summed E-state index contributed by atoms with van der Waals surface area (Å²) >= 11 is 0. The zero-order chi connectivity index (χ0) is 17.3. The summed E-state index contributed by atoms with van der Waals surface area (Å²) in [6.45, 7) is 8.34. The molecule has 0 aliphatic heterocycles. The van der Waals surface area contributed by atoms with Crippen LogP contribution in [0.4, 0.5) is 0 Å². The minimum Gasteiger partial charge on any atom is -0.338 e. The summed E-state index contributed by atoms with van der Waals surface area (Å²) in [6.07, 6.45) is 0. The third kappa shape index (κ3) is 4.60. The highest BCUT2D eigenvalue weighted by Crippen LogP contribution is 2.19. The van der Waals surface area contributed by atoms with E-state index >= 15 is 0 Å². The first-order valence-corrected chi connectivity index (χ1v) is 8.81. The Morgan fingerprint density at radius 1 is 1.35 bits per heavy atom. The lowest BCUT2D eigenvalue weighted by molar-refractivity contribution is 0.349. The lowest BCUT2D eigenvalue weighted by Crippen LogP contribution is -2.20. The monoisotopic (exact) mass is 338 g/mol. The summed E-state index contributed by atoms with van der Waals surface area (Å²) in [5.74, 6) is 1.14. The van der Waals surface area contributed by atoms with Crippen molar-refractivity contribution in [3.8, 4) is 0 Å². The van der Waals surface area contributed by atoms with Gasteiger partial charge in [0.15, 0.2) is 5.82 Å². The average molecular weight is 338 g/mol. The Bertz CT molecular complexity index is 778. The maximum atomic E-state index is 11.4. The molecule has 0 spiro atoms. The molecule has 2 aromatic rings. The van der Waals surface area contributed by atoms with Gasteiger partial charge in [-0.1, -0.05) is 38.1 Å². The fraction of sp³-hybridized carbons (Fsp3) is 0.467. The van der Waals surface area contributed by atoms with Crippen molar-refractivity contribution in [1.82, 2.24) is 15.5 Å². The van der Waals surface area contributed by atoms with Crippen LogP contribution in [0.2, 0.25) is 0 Å². The summed E-state index contributed by atoms with van der Waals surface area (Å²) in [7, 11) is -3.71. The number of hydrogen-bond acceptors (Lipinski definition) is 6. The van der Waals surface area contributed by atoms with Crippen LogP contribution in [0.1, 0.15) is 51.0 Å². The van der Waals surface area contributed by atoms with Crippen LogP contribution in [0.3, 0.4) is 0 Å². The molecule has 0 aliphatic carbocycles. The smallest absolute Gasteiger partial charge is 0.240 e. The maximum Gasteiger partial charge on any atom is 0.240 e. The number of aromatic nitrogens is 2. The van der Waals surface area contributed by atoms with E-state index in [9.17, 15) is 8.42 Å². The lowest BCUT2D eigenvalue weighted by Gasteiger charge is -2.13. The molecule has 0 saturated carbocycles. The summed E-state index contributed by atoms with van der Waals surface area (Å²) in [5.41, 5.74) is 0.643. The van der Waals surface area contributed by atoms with Crippen LogP contribution in [0, 0.1) is 0 Å². The molecule has 0 fully saturated rings. The zero-order valence-corrected chi connectivity index (χ0v) is 14.5. The fourth-order valence-corrected chi connectivity index (χ4v) is 2.52. The van der Waals surface area contributed by atoms with Crippen LogP contribution in [0.25, 0.3) is 0 Å². The highest BCUT2D eigenvalue weighted by molar-refractivity contribution is 7.89. The van der Waals surface area contributed by atoms with Crippen molar-refractivity contribution in [2.24, 2.45) is 5.14 Å². The van der Waals surface area contributed by atoms with Gasteiger partial charge in [-0.3, -0.25) is 0 Å². The second-order valence-electron chi connectivity index (χ2n) is 6.48. The molecular weight excluding hydrogens is 316 g/mol. The van der Waals surface area contributed by atoms with E-state index in [-0.39, 0.29) is 16.4 Å². The Balaban J connectivity index is 2.05. The summed E-state index contributed by atoms with van der Waals surface area (Å²) in [4.78, 5) is 4.44. The van der Waals surface area contributed by atoms with Gasteiger partial charge in [-0.25, -0.2) is 13.6 Å². The van der Waals surface area contributed by atoms with Crippen LogP contribution in [-0.4, -0.2) is 18.6 Å². The molecule has 0 unspecified atom stereocenters. The standard InChI is InChI=1S/C15H22N4O3S/c1-10(11-6-5-7-12(8-11)23(16,20)21)17-9-13-18-14(19-22-13)15(2,3)4/h5-8,10,17H,9H2,1-4H3,(H2,16,20,21)/t10-/m0/s1. The number of hydrogen-bond donors (Lipinski definition) is 2. The molecule has 7 nitrogen and oxygen atoms in total. The van der Waals surface area contributed by atoms with Crippen molar-refractivity contribution in [1.29, 1.82) is 0 Å². The number of nitrogens with zero attached hydrogens (tertiary/aromatic N) is 2. The SMILES string of the molecule is C[C@H](NCc1nc(C(C)(C)C)no1)c1cccc(S(N)(=O)=O)c1. The van der Waals surface area contributed by atoms with Gasteiger partial charge in [-0.15, -0.1) is 0 Å². The van der Waals surface area contributed by atoms with Crippen molar-refractivity contribution in [2.75, 3.05) is 0 Å². The summed E-state index contributed by atoms with van der Waals surface area (Å²) in [6, 6.07) is 6.43. The Morgan fingerprint density at radius 3 is 2.61 bits per heavy atom. The van der Waals surface area contributed by atoms with Crippen molar-refractivity contribution >= 4 is 10.0 Å². The van der Waals surface area contributed by atoms with E-state index in [0.29, 0.717) is 18.3 Å². The topological polar surface area (TPSA) is 111 Å². The molecule has 1 atom stereocenters. The number of sulfonamides is 1. The lowest BCUT2D eigenvalue weighted by atomic mass is 9.96. The van der Waals surface area contributed by atoms with Gasteiger partial charge in [-0.05, 0) is 24.6 Å². The van der Waals surface area contributed by atoms with Gasteiger partial charge in [0.25, 0.3) is 0 Å². The second-order valence-corrected chi connectivity index (χ2v) is 8.04. The van der Waals surface area contributed by atoms with E-state index in [1.54, 1.807) is 12.1 Å². The van der Waals surface area contributed by atoms with Crippen molar-refractivity contribution in [3.05, 3.63) is 41.5 Å². The van der Waals surface area contributed by atoms with Gasteiger partial charge < -0.3 is 9.84 Å². The van der Waals surface area contributed by atoms with E-state index in [1.807, 2.05) is 33.8 Å². The van der Waals surface area contributed by atoms with Gasteiger partial charge in [-0.2, -0.15) is 4.98 Å². The minimum absolute atomic E-state index is 0.0939. The van der Waals surface area contributed by atoms with Gasteiger partial charge in [0.1, 0.15) is 0 Å². The van der Waals surface area contributed by atoms with Crippen molar-refractivity contribution in [2.45, 2.75) is 50.6 Å². The predicted octanol–water partition coefficient (Wildman–Crippen LogP) is 1.87. The van der Waals surface area contributed by atoms with Gasteiger partial charge in [0.2, 0.25) is 15.9 Å². The largest absolute Gasteiger partial charge is 0.338 e. The van der Waals surface area contributed by atoms with Gasteiger partial charge in [0.05, 0.1) is 11.4 Å². The van der Waals surface area contributed by atoms with Crippen molar-refractivity contribution in [3.63, 3.8) is 0 Å². The predicted molar refractivity (Wildman–Crippen MR) is 86.1 cm³/mol. The fourth-order valence-electron chi connectivity index (χ4n) is 1.95. The second kappa shape index (κ2) is 6.38. The van der Waals surface area contributed by atoms with E-state index in [2.05, 4.69) is 15.5 Å². The zero-order valence-electron chi connectivity index (χ0n) is 13.7. The van der Waals surface area contributed by atoms with E-state index in [1.165, 1.54) is 6.07 Å². The molecule has 0 bridgehead atoms. The molecule has 1 heterocycles. The molecule has 23 heavy (non-hydrogen) atoms. The Morgan fingerprint density at radius 2 is 2.04 bits per heavy atom. The van der Waals surface area contributed by atoms with Gasteiger partial charge in [0, 0.05) is 11.5 Å². The number of rotatable bonds is 5. The number of benzene rings is 1. The molecule has 0 aliphatic rings. The molecule has 126 valence electrons. The number of nitrogens with one attached hydrogen (secondary N) is 1. The van der Waals surface area contributed by atoms with Crippen LogP contribution < -0.4 is 10.5 Å². The molecule has 0 saturated heterocycles. The normalized spacial score (nSPS) is 14.0. The number of nitrogens with two attached hydrogens (primary N) is 1. The van der Waals surface area contributed by atoms with Crippen LogP contribution >= 0.6 is 0 Å². The van der Waals surface area contributed by atoms with Crippen LogP contribution in [-0.2, 0) is 22.0 Å². The quantitative estimate of drug-likeness (QED) is 0.861. The summed E-state index contributed by atoms with van der Waals surface area (Å²) < 4.78 is 28.0. The van der Waals surface area contributed by atoms with E-state index in [0.717, 1.165) is 5.56 Å². The van der Waals surface area contributed by atoms with Gasteiger partial charge >= 0.3 is 0 Å². The molecule has 3 N–H and O–H groups in total. The molecule has 8 heteroatoms. The van der Waals surface area contributed by atoms with Crippen molar-refractivity contribution < 1.29 is 12.9 Å². The Hall–Kier alpha value is -1.77. The third-order valence-corrected chi connectivity index (χ3v) is 4.30. The maximum absolute atomic E-state index is 11.4. The third-order valence-electron chi connectivity index (χ3n) is 3.39.